The summed E-state index contributed by atoms with van der Waals surface area (Å²) >= 11 is 1.85. The molecule has 2 heterocycles. The number of hydrogen-bond donors (Lipinski definition) is 2. The van der Waals surface area contributed by atoms with E-state index < -0.39 is 52.2 Å². The van der Waals surface area contributed by atoms with Crippen molar-refractivity contribution in [1.29, 1.82) is 0 Å². The van der Waals surface area contributed by atoms with Gasteiger partial charge in [0, 0.05) is 17.0 Å². The summed E-state index contributed by atoms with van der Waals surface area (Å²) in [4.78, 5) is 64.8. The van der Waals surface area contributed by atoms with E-state index in [1.165, 1.54) is 47.7 Å². The van der Waals surface area contributed by atoms with Gasteiger partial charge in [0.2, 0.25) is 11.8 Å². The van der Waals surface area contributed by atoms with E-state index in [9.17, 15) is 32.8 Å². The lowest BCUT2D eigenvalue weighted by atomic mass is 10.1. The fourth-order valence-corrected chi connectivity index (χ4v) is 5.83. The fourth-order valence-electron chi connectivity index (χ4n) is 4.04. The van der Waals surface area contributed by atoms with Gasteiger partial charge in [0.25, 0.3) is 11.1 Å². The first-order valence-electron chi connectivity index (χ1n) is 13.0. The normalized spacial score (nSPS) is 15.1. The van der Waals surface area contributed by atoms with Crippen LogP contribution in [0, 0.1) is 11.6 Å². The first-order chi connectivity index (χ1) is 20.2. The third-order valence-electron chi connectivity index (χ3n) is 6.04. The molecule has 0 radical (unpaired) electrons. The molecule has 224 valence electrons. The number of imide groups is 1. The maximum Gasteiger partial charge on any atom is 0.338 e. The van der Waals surface area contributed by atoms with Gasteiger partial charge in [-0.25, -0.2) is 13.6 Å². The monoisotopic (exact) mass is 627 g/mol. The minimum Gasteiger partial charge on any atom is -0.456 e. The molecule has 43 heavy (non-hydrogen) atoms. The number of nitrogens with zero attached hydrogens (tertiary/aromatic N) is 1. The summed E-state index contributed by atoms with van der Waals surface area (Å²) in [5.74, 6) is -4.69. The molecule has 1 saturated heterocycles. The molecule has 0 unspecified atom stereocenters. The zero-order chi connectivity index (χ0) is 31.5. The van der Waals surface area contributed by atoms with Crippen molar-refractivity contribution in [2.45, 2.75) is 45.3 Å². The third-order valence-corrected chi connectivity index (χ3v) is 7.80. The van der Waals surface area contributed by atoms with Gasteiger partial charge >= 0.3 is 5.97 Å². The second-order valence-corrected chi connectivity index (χ2v) is 12.4. The molecule has 13 heteroatoms. The summed E-state index contributed by atoms with van der Waals surface area (Å²) in [6, 6.07) is 9.66. The van der Waals surface area contributed by atoms with Gasteiger partial charge in [0.05, 0.1) is 10.5 Å². The molecule has 9 nitrogen and oxygen atoms in total. The van der Waals surface area contributed by atoms with Gasteiger partial charge in [-0.3, -0.25) is 24.1 Å². The van der Waals surface area contributed by atoms with Crippen molar-refractivity contribution in [3.8, 4) is 11.1 Å². The molecule has 0 saturated carbocycles. The number of halogens is 2. The van der Waals surface area contributed by atoms with Crippen LogP contribution in [0.4, 0.5) is 19.3 Å². The first-order valence-corrected chi connectivity index (χ1v) is 14.6. The van der Waals surface area contributed by atoms with Crippen LogP contribution in [0.15, 0.2) is 58.8 Å². The fraction of sp³-hybridized carbons (Fsp3) is 0.233. The van der Waals surface area contributed by atoms with Crippen molar-refractivity contribution in [2.24, 2.45) is 5.73 Å². The number of carbonyl (C=O) groups is 5. The molecule has 1 aliphatic heterocycles. The van der Waals surface area contributed by atoms with Crippen LogP contribution < -0.4 is 11.1 Å². The molecule has 1 aromatic heterocycles. The summed E-state index contributed by atoms with van der Waals surface area (Å²) in [6.45, 7) is 5.21. The summed E-state index contributed by atoms with van der Waals surface area (Å²) in [6.07, 6.45) is 0.998. The average Bonchev–Trinajstić information content (AvgIpc) is 3.49. The van der Waals surface area contributed by atoms with E-state index in [-0.39, 0.29) is 29.0 Å². The number of esters is 1. The van der Waals surface area contributed by atoms with E-state index in [0.717, 1.165) is 17.0 Å². The highest BCUT2D eigenvalue weighted by Crippen LogP contribution is 2.37. The number of ether oxygens (including phenoxy) is 1. The summed E-state index contributed by atoms with van der Waals surface area (Å²) in [5.41, 5.74) is 6.16. The zero-order valence-electron chi connectivity index (χ0n) is 23.3. The largest absolute Gasteiger partial charge is 0.456 e. The van der Waals surface area contributed by atoms with Crippen molar-refractivity contribution >= 4 is 63.8 Å². The topological polar surface area (TPSA) is 136 Å². The lowest BCUT2D eigenvalue weighted by Crippen LogP contribution is -2.47. The molecule has 2 aromatic carbocycles. The lowest BCUT2D eigenvalue weighted by molar-refractivity contribution is -0.131. The van der Waals surface area contributed by atoms with Gasteiger partial charge < -0.3 is 15.8 Å². The summed E-state index contributed by atoms with van der Waals surface area (Å²) in [7, 11) is 0. The molecular formula is C30H27F2N3O6S2. The Morgan fingerprint density at radius 1 is 1.02 bits per heavy atom. The first kappa shape index (κ1) is 31.6. The van der Waals surface area contributed by atoms with E-state index in [2.05, 4.69) is 5.32 Å². The number of nitrogens with two attached hydrogens (primary N) is 1. The Balaban J connectivity index is 1.52. The number of benzene rings is 2. The van der Waals surface area contributed by atoms with Crippen LogP contribution >= 0.6 is 23.1 Å². The highest BCUT2D eigenvalue weighted by Gasteiger charge is 2.43. The van der Waals surface area contributed by atoms with Gasteiger partial charge in [0.1, 0.15) is 11.6 Å². The van der Waals surface area contributed by atoms with Crippen LogP contribution in [-0.4, -0.2) is 45.5 Å². The number of nitrogens with one attached hydrogen (secondary N) is 1. The number of thiophene rings is 1. The Hall–Kier alpha value is -4.36. The minimum absolute atomic E-state index is 0.0438. The van der Waals surface area contributed by atoms with Gasteiger partial charge in [-0.15, -0.1) is 11.3 Å². The van der Waals surface area contributed by atoms with E-state index in [0.29, 0.717) is 27.8 Å². The molecule has 0 spiro atoms. The standard InChI is InChI=1S/C30H27F2N3O6S2/c1-30(2,3)41-28(39)16-4-7-19(8-5-16)34-26(37)23(10-11-25(33)36)35-27(38)24(43-29(35)40)14-20-12-18(15-42-20)17-6-9-21(31)22(32)13-17/h4-9,12-15,23H,10-11H2,1-3H3,(H2,33,36)(H,34,37)/b24-14-/t23-/m1/s1. The quantitative estimate of drug-likeness (QED) is 0.221. The van der Waals surface area contributed by atoms with Crippen molar-refractivity contribution < 1.29 is 37.5 Å². The number of amides is 4. The van der Waals surface area contributed by atoms with Gasteiger partial charge in [-0.2, -0.15) is 0 Å². The van der Waals surface area contributed by atoms with Crippen LogP contribution in [0.3, 0.4) is 0 Å². The maximum atomic E-state index is 13.7. The van der Waals surface area contributed by atoms with Crippen LogP contribution in [-0.2, 0) is 19.1 Å². The molecule has 4 amide bonds. The number of anilines is 1. The van der Waals surface area contributed by atoms with Crippen molar-refractivity contribution in [1.82, 2.24) is 4.90 Å². The molecular weight excluding hydrogens is 600 g/mol. The zero-order valence-corrected chi connectivity index (χ0v) is 24.9. The second-order valence-electron chi connectivity index (χ2n) is 10.5. The van der Waals surface area contributed by atoms with E-state index in [1.807, 2.05) is 0 Å². The molecule has 0 bridgehead atoms. The maximum absolute atomic E-state index is 13.7. The molecule has 1 aliphatic rings. The van der Waals surface area contributed by atoms with Crippen LogP contribution in [0.25, 0.3) is 17.2 Å². The molecule has 1 fully saturated rings. The summed E-state index contributed by atoms with van der Waals surface area (Å²) < 4.78 is 32.3. The van der Waals surface area contributed by atoms with Crippen molar-refractivity contribution in [2.75, 3.05) is 5.32 Å². The predicted octanol–water partition coefficient (Wildman–Crippen LogP) is 5.96. The second kappa shape index (κ2) is 12.9. The SMILES string of the molecule is CC(C)(C)OC(=O)c1ccc(NC(=O)[C@@H](CCC(N)=O)N2C(=O)S/C(=C\c3cc(-c4ccc(F)c(F)c4)cs3)C2=O)cc1. The van der Waals surface area contributed by atoms with Crippen LogP contribution in [0.1, 0.15) is 48.8 Å². The highest BCUT2D eigenvalue weighted by atomic mass is 32.2. The number of carbonyl (C=O) groups excluding carboxylic acids is 5. The number of rotatable bonds is 9. The minimum atomic E-state index is -1.35. The average molecular weight is 628 g/mol. The number of thioether (sulfide) groups is 1. The van der Waals surface area contributed by atoms with Crippen LogP contribution in [0.2, 0.25) is 0 Å². The van der Waals surface area contributed by atoms with E-state index in [4.69, 9.17) is 10.5 Å². The van der Waals surface area contributed by atoms with Gasteiger partial charge in [-0.1, -0.05) is 6.07 Å². The number of hydrogen-bond acceptors (Lipinski definition) is 8. The Kier molecular flexibility index (Phi) is 9.46. The predicted molar refractivity (Wildman–Crippen MR) is 160 cm³/mol. The highest BCUT2D eigenvalue weighted by molar-refractivity contribution is 8.18. The molecule has 0 aliphatic carbocycles. The Morgan fingerprint density at radius 2 is 1.72 bits per heavy atom. The number of primary amides is 1. The van der Waals surface area contributed by atoms with Gasteiger partial charge in [-0.05, 0) is 104 Å². The molecule has 1 atom stereocenters. The summed E-state index contributed by atoms with van der Waals surface area (Å²) in [5, 5.41) is 3.60. The molecule has 3 N–H and O–H groups in total. The lowest BCUT2D eigenvalue weighted by Gasteiger charge is -2.24. The van der Waals surface area contributed by atoms with E-state index >= 15 is 0 Å². The van der Waals surface area contributed by atoms with Crippen LogP contribution in [0.5, 0.6) is 0 Å². The Bertz CT molecular complexity index is 1630. The molecule has 3 aromatic rings. The third kappa shape index (κ3) is 7.93. The van der Waals surface area contributed by atoms with Crippen molar-refractivity contribution in [3.05, 3.63) is 80.9 Å². The van der Waals surface area contributed by atoms with Gasteiger partial charge in [0.15, 0.2) is 11.6 Å². The van der Waals surface area contributed by atoms with E-state index in [1.54, 1.807) is 32.2 Å². The Labute approximate surface area is 254 Å². The smallest absolute Gasteiger partial charge is 0.338 e. The Morgan fingerprint density at radius 3 is 2.35 bits per heavy atom. The van der Waals surface area contributed by atoms with Crippen molar-refractivity contribution in [3.63, 3.8) is 0 Å². The molecule has 4 rings (SSSR count).